The van der Waals surface area contributed by atoms with E-state index in [-0.39, 0.29) is 12.3 Å². The molecular formula is C17H22F2N4O2S. The van der Waals surface area contributed by atoms with Gasteiger partial charge >= 0.3 is 6.61 Å². The van der Waals surface area contributed by atoms with Crippen molar-refractivity contribution in [3.8, 4) is 5.75 Å². The number of aliphatic imine (C=N–C) groups is 1. The van der Waals surface area contributed by atoms with Gasteiger partial charge in [-0.05, 0) is 31.5 Å². The second-order valence-corrected chi connectivity index (χ2v) is 6.72. The highest BCUT2D eigenvalue weighted by Gasteiger charge is 2.10. The van der Waals surface area contributed by atoms with Gasteiger partial charge in [0.15, 0.2) is 5.96 Å². The highest BCUT2D eigenvalue weighted by Crippen LogP contribution is 2.19. The van der Waals surface area contributed by atoms with Crippen LogP contribution < -0.4 is 15.4 Å². The summed E-state index contributed by atoms with van der Waals surface area (Å²) in [6.07, 6.45) is 0.989. The van der Waals surface area contributed by atoms with E-state index in [0.717, 1.165) is 9.88 Å². The molecule has 1 aromatic carbocycles. The molecule has 0 aliphatic carbocycles. The van der Waals surface area contributed by atoms with Crippen LogP contribution in [0.3, 0.4) is 0 Å². The third-order valence-corrected chi connectivity index (χ3v) is 4.24. The zero-order valence-electron chi connectivity index (χ0n) is 14.6. The van der Waals surface area contributed by atoms with E-state index in [4.69, 9.17) is 0 Å². The topological polar surface area (TPSA) is 78.8 Å². The number of guanidine groups is 1. The minimum Gasteiger partial charge on any atom is -0.435 e. The van der Waals surface area contributed by atoms with Crippen LogP contribution in [0.4, 0.5) is 8.78 Å². The molecule has 9 heteroatoms. The largest absolute Gasteiger partial charge is 0.435 e. The standard InChI is InChI=1S/C17H22F2N4O2S/c1-3-20-17(23-10-15-21-8-11(2)26-15)22-9-14(24)12-4-6-13(7-5-12)25-16(18)19/h4-8,14,16,24H,3,9-10H2,1-2H3,(H2,20,22,23). The van der Waals surface area contributed by atoms with Crippen molar-refractivity contribution in [1.82, 2.24) is 15.6 Å². The number of nitrogens with one attached hydrogen (secondary N) is 2. The Morgan fingerprint density at radius 1 is 1.31 bits per heavy atom. The number of aromatic nitrogens is 1. The molecule has 1 aromatic heterocycles. The normalized spacial score (nSPS) is 12.9. The minimum atomic E-state index is -2.87. The molecule has 0 aliphatic rings. The summed E-state index contributed by atoms with van der Waals surface area (Å²) in [4.78, 5) is 9.83. The van der Waals surface area contributed by atoms with Crippen molar-refractivity contribution in [2.24, 2.45) is 4.99 Å². The van der Waals surface area contributed by atoms with Crippen molar-refractivity contribution in [2.75, 3.05) is 13.1 Å². The number of halogens is 2. The fourth-order valence-electron chi connectivity index (χ4n) is 2.15. The van der Waals surface area contributed by atoms with Gasteiger partial charge in [0.05, 0.1) is 12.6 Å². The summed E-state index contributed by atoms with van der Waals surface area (Å²) in [5.41, 5.74) is 0.588. The Labute approximate surface area is 155 Å². The number of ether oxygens (including phenoxy) is 1. The van der Waals surface area contributed by atoms with Crippen molar-refractivity contribution >= 4 is 17.3 Å². The molecule has 0 aliphatic heterocycles. The lowest BCUT2D eigenvalue weighted by atomic mass is 10.1. The first kappa shape index (κ1) is 20.1. The maximum Gasteiger partial charge on any atom is 0.387 e. The monoisotopic (exact) mass is 384 g/mol. The maximum absolute atomic E-state index is 12.2. The third-order valence-electron chi connectivity index (χ3n) is 3.34. The molecule has 0 bridgehead atoms. The summed E-state index contributed by atoms with van der Waals surface area (Å²) < 4.78 is 28.6. The van der Waals surface area contributed by atoms with Crippen molar-refractivity contribution in [2.45, 2.75) is 33.1 Å². The molecule has 1 atom stereocenters. The van der Waals surface area contributed by atoms with E-state index in [9.17, 15) is 13.9 Å². The lowest BCUT2D eigenvalue weighted by Crippen LogP contribution is -2.39. The molecule has 0 fully saturated rings. The Morgan fingerprint density at radius 3 is 2.62 bits per heavy atom. The van der Waals surface area contributed by atoms with Crippen LogP contribution in [0.15, 0.2) is 35.5 Å². The number of rotatable bonds is 8. The molecule has 6 nitrogen and oxygen atoms in total. The average Bonchev–Trinajstić information content (AvgIpc) is 3.02. The van der Waals surface area contributed by atoms with Crippen molar-refractivity contribution in [3.63, 3.8) is 0 Å². The van der Waals surface area contributed by atoms with E-state index < -0.39 is 12.7 Å². The number of nitrogens with zero attached hydrogens (tertiary/aromatic N) is 2. The quantitative estimate of drug-likeness (QED) is 0.482. The zero-order chi connectivity index (χ0) is 18.9. The van der Waals surface area contributed by atoms with Crippen molar-refractivity contribution < 1.29 is 18.6 Å². The third kappa shape index (κ3) is 6.57. The molecule has 26 heavy (non-hydrogen) atoms. The number of aliphatic hydroxyl groups is 1. The molecule has 3 N–H and O–H groups in total. The summed E-state index contributed by atoms with van der Waals surface area (Å²) in [5, 5.41) is 17.3. The van der Waals surface area contributed by atoms with Crippen LogP contribution in [0, 0.1) is 6.92 Å². The van der Waals surface area contributed by atoms with Gasteiger partial charge in [0.1, 0.15) is 10.8 Å². The van der Waals surface area contributed by atoms with Gasteiger partial charge in [-0.2, -0.15) is 8.78 Å². The highest BCUT2D eigenvalue weighted by molar-refractivity contribution is 7.11. The number of aliphatic hydroxyl groups excluding tert-OH is 1. The first-order valence-electron chi connectivity index (χ1n) is 8.14. The second-order valence-electron chi connectivity index (χ2n) is 5.40. The second kappa shape index (κ2) is 10.0. The number of thiazole rings is 1. The van der Waals surface area contributed by atoms with Crippen LogP contribution in [0.25, 0.3) is 0 Å². The molecule has 1 unspecified atom stereocenters. The Hall–Kier alpha value is -2.26. The molecule has 1 heterocycles. The zero-order valence-corrected chi connectivity index (χ0v) is 15.4. The lowest BCUT2D eigenvalue weighted by Gasteiger charge is -2.16. The van der Waals surface area contributed by atoms with Gasteiger partial charge in [-0.3, -0.25) is 0 Å². The van der Waals surface area contributed by atoms with E-state index in [2.05, 4.69) is 25.3 Å². The fraction of sp³-hybridized carbons (Fsp3) is 0.412. The van der Waals surface area contributed by atoms with Crippen molar-refractivity contribution in [1.29, 1.82) is 0 Å². The van der Waals surface area contributed by atoms with Gasteiger partial charge in [0.25, 0.3) is 0 Å². The van der Waals surface area contributed by atoms with Gasteiger partial charge in [0, 0.05) is 24.2 Å². The van der Waals surface area contributed by atoms with E-state index >= 15 is 0 Å². The number of benzene rings is 1. The predicted octanol–water partition coefficient (Wildman–Crippen LogP) is 2.84. The first-order chi connectivity index (χ1) is 12.5. The Morgan fingerprint density at radius 2 is 2.04 bits per heavy atom. The SMILES string of the molecule is CCNC(=NCc1ncc(C)s1)NCC(O)c1ccc(OC(F)F)cc1. The molecule has 0 radical (unpaired) electrons. The first-order valence-corrected chi connectivity index (χ1v) is 8.96. The average molecular weight is 384 g/mol. The van der Waals surface area contributed by atoms with Crippen LogP contribution in [0.5, 0.6) is 5.75 Å². The van der Waals surface area contributed by atoms with E-state index in [1.165, 1.54) is 12.1 Å². The van der Waals surface area contributed by atoms with Crippen LogP contribution in [-0.2, 0) is 6.54 Å². The summed E-state index contributed by atoms with van der Waals surface area (Å²) >= 11 is 1.59. The summed E-state index contributed by atoms with van der Waals surface area (Å²) in [5.74, 6) is 0.620. The minimum absolute atomic E-state index is 0.0533. The fourth-order valence-corrected chi connectivity index (χ4v) is 2.86. The number of hydrogen-bond donors (Lipinski definition) is 3. The Balaban J connectivity index is 1.90. The molecule has 2 rings (SSSR count). The van der Waals surface area contributed by atoms with Gasteiger partial charge in [0.2, 0.25) is 0 Å². The van der Waals surface area contributed by atoms with Gasteiger partial charge < -0.3 is 20.5 Å². The predicted molar refractivity (Wildman–Crippen MR) is 97.7 cm³/mol. The molecule has 0 saturated heterocycles. The van der Waals surface area contributed by atoms with Crippen molar-refractivity contribution in [3.05, 3.63) is 45.9 Å². The maximum atomic E-state index is 12.2. The molecule has 142 valence electrons. The Bertz CT molecular complexity index is 707. The molecule has 0 saturated carbocycles. The van der Waals surface area contributed by atoms with Crippen LogP contribution in [0.2, 0.25) is 0 Å². The van der Waals surface area contributed by atoms with Crippen LogP contribution in [-0.4, -0.2) is 35.8 Å². The smallest absolute Gasteiger partial charge is 0.387 e. The molecular weight excluding hydrogens is 362 g/mol. The van der Waals surface area contributed by atoms with E-state index in [0.29, 0.717) is 24.6 Å². The van der Waals surface area contributed by atoms with Crippen LogP contribution in [0.1, 0.15) is 28.5 Å². The van der Waals surface area contributed by atoms with E-state index in [1.807, 2.05) is 13.8 Å². The summed E-state index contributed by atoms with van der Waals surface area (Å²) in [6.45, 7) is 2.42. The number of alkyl halides is 2. The molecule has 0 amide bonds. The van der Waals surface area contributed by atoms with Gasteiger partial charge in [-0.1, -0.05) is 12.1 Å². The number of hydrogen-bond acceptors (Lipinski definition) is 5. The summed E-state index contributed by atoms with van der Waals surface area (Å²) in [7, 11) is 0. The Kier molecular flexibility index (Phi) is 7.73. The lowest BCUT2D eigenvalue weighted by molar-refractivity contribution is -0.0498. The van der Waals surface area contributed by atoms with Gasteiger partial charge in [-0.25, -0.2) is 9.98 Å². The summed E-state index contributed by atoms with van der Waals surface area (Å²) in [6, 6.07) is 5.89. The molecule has 0 spiro atoms. The van der Waals surface area contributed by atoms with E-state index in [1.54, 1.807) is 29.7 Å². The highest BCUT2D eigenvalue weighted by atomic mass is 32.1. The number of aryl methyl sites for hydroxylation is 1. The van der Waals surface area contributed by atoms with Crippen LogP contribution >= 0.6 is 11.3 Å². The molecule has 2 aromatic rings. The van der Waals surface area contributed by atoms with Gasteiger partial charge in [-0.15, -0.1) is 11.3 Å².